The summed E-state index contributed by atoms with van der Waals surface area (Å²) in [5, 5.41) is 3.73. The van der Waals surface area contributed by atoms with Gasteiger partial charge in [-0.15, -0.1) is 0 Å². The first kappa shape index (κ1) is 15.1. The van der Waals surface area contributed by atoms with Gasteiger partial charge >= 0.3 is 0 Å². The Balaban J connectivity index is 1.85. The molecule has 2 atom stereocenters. The molecule has 0 amide bonds. The van der Waals surface area contributed by atoms with Gasteiger partial charge < -0.3 is 10.1 Å². The van der Waals surface area contributed by atoms with E-state index >= 15 is 0 Å². The fourth-order valence-corrected chi connectivity index (χ4v) is 5.03. The number of nitrogens with one attached hydrogen (secondary N) is 1. The minimum Gasteiger partial charge on any atom is -0.495 e. The number of benzene rings is 1. The Hall–Kier alpha value is -0.820. The molecule has 0 aliphatic carbocycles. The van der Waals surface area contributed by atoms with Crippen molar-refractivity contribution in [2.75, 3.05) is 26.7 Å². The zero-order valence-corrected chi connectivity index (χ0v) is 13.5. The molecular formula is C14H19ClN2O3S. The molecule has 1 aromatic rings. The number of nitrogens with zero attached hydrogens (tertiary/aromatic N) is 1. The van der Waals surface area contributed by atoms with Crippen LogP contribution >= 0.6 is 11.6 Å². The van der Waals surface area contributed by atoms with Crippen molar-refractivity contribution in [2.24, 2.45) is 5.92 Å². The summed E-state index contributed by atoms with van der Waals surface area (Å²) in [6, 6.07) is 4.89. The standard InChI is InChI=1S/C14H19ClN2O3S/c1-20-14-5-4-11(7-12(14)15)21(18,19)17-8-10-3-2-6-16-13(10)9-17/h4-5,7,10,13,16H,2-3,6,8-9H2,1H3. The third kappa shape index (κ3) is 2.77. The Morgan fingerprint density at radius 3 is 2.86 bits per heavy atom. The van der Waals surface area contributed by atoms with Crippen molar-refractivity contribution in [3.8, 4) is 5.75 Å². The van der Waals surface area contributed by atoms with Crippen molar-refractivity contribution in [2.45, 2.75) is 23.8 Å². The van der Waals surface area contributed by atoms with E-state index in [-0.39, 0.29) is 10.9 Å². The SMILES string of the molecule is COc1ccc(S(=O)(=O)N2CC3CCCNC3C2)cc1Cl. The first-order valence-electron chi connectivity index (χ1n) is 7.09. The topological polar surface area (TPSA) is 58.6 Å². The highest BCUT2D eigenvalue weighted by Crippen LogP contribution is 2.32. The molecule has 2 aliphatic heterocycles. The molecule has 7 heteroatoms. The molecule has 3 rings (SSSR count). The van der Waals surface area contributed by atoms with Crippen molar-refractivity contribution < 1.29 is 13.2 Å². The molecule has 5 nitrogen and oxygen atoms in total. The molecule has 1 N–H and O–H groups in total. The van der Waals surface area contributed by atoms with Gasteiger partial charge in [-0.05, 0) is 43.5 Å². The number of fused-ring (bicyclic) bond motifs is 1. The van der Waals surface area contributed by atoms with Crippen LogP contribution in [0.3, 0.4) is 0 Å². The summed E-state index contributed by atoms with van der Waals surface area (Å²) in [5.41, 5.74) is 0. The van der Waals surface area contributed by atoms with Crippen LogP contribution in [0.4, 0.5) is 0 Å². The Morgan fingerprint density at radius 1 is 1.38 bits per heavy atom. The summed E-state index contributed by atoms with van der Waals surface area (Å²) < 4.78 is 32.1. The highest BCUT2D eigenvalue weighted by Gasteiger charge is 2.40. The minimum absolute atomic E-state index is 0.229. The number of hydrogen-bond donors (Lipinski definition) is 1. The normalized spacial score (nSPS) is 26.6. The number of ether oxygens (including phenoxy) is 1. The minimum atomic E-state index is -3.49. The fourth-order valence-electron chi connectivity index (χ4n) is 3.16. The molecule has 0 aromatic heterocycles. The summed E-state index contributed by atoms with van der Waals surface area (Å²) >= 11 is 6.04. The lowest BCUT2D eigenvalue weighted by Crippen LogP contribution is -2.41. The van der Waals surface area contributed by atoms with E-state index in [1.54, 1.807) is 16.4 Å². The largest absolute Gasteiger partial charge is 0.495 e. The second-order valence-electron chi connectivity index (χ2n) is 5.58. The van der Waals surface area contributed by atoms with Gasteiger partial charge in [-0.25, -0.2) is 8.42 Å². The van der Waals surface area contributed by atoms with Crippen molar-refractivity contribution in [1.29, 1.82) is 0 Å². The van der Waals surface area contributed by atoms with E-state index < -0.39 is 10.0 Å². The maximum absolute atomic E-state index is 12.7. The van der Waals surface area contributed by atoms with Crippen LogP contribution in [0.15, 0.2) is 23.1 Å². The molecule has 0 radical (unpaired) electrons. The van der Waals surface area contributed by atoms with Crippen LogP contribution in [-0.2, 0) is 10.0 Å². The van der Waals surface area contributed by atoms with Gasteiger partial charge in [0.2, 0.25) is 10.0 Å². The molecule has 1 aromatic carbocycles. The van der Waals surface area contributed by atoms with Gasteiger partial charge in [0.1, 0.15) is 5.75 Å². The molecule has 2 unspecified atom stereocenters. The highest BCUT2D eigenvalue weighted by atomic mass is 35.5. The van der Waals surface area contributed by atoms with Crippen LogP contribution in [0.2, 0.25) is 5.02 Å². The quantitative estimate of drug-likeness (QED) is 0.917. The lowest BCUT2D eigenvalue weighted by Gasteiger charge is -2.24. The number of rotatable bonds is 3. The lowest BCUT2D eigenvalue weighted by atomic mass is 9.94. The van der Waals surface area contributed by atoms with E-state index in [1.165, 1.54) is 13.2 Å². The van der Waals surface area contributed by atoms with E-state index in [0.717, 1.165) is 19.4 Å². The molecule has 2 heterocycles. The molecule has 0 bridgehead atoms. The predicted octanol–water partition coefficient (Wildman–Crippen LogP) is 1.72. The van der Waals surface area contributed by atoms with E-state index in [0.29, 0.717) is 29.8 Å². The van der Waals surface area contributed by atoms with Crippen molar-refractivity contribution in [1.82, 2.24) is 9.62 Å². The Morgan fingerprint density at radius 2 is 2.19 bits per heavy atom. The third-order valence-electron chi connectivity index (χ3n) is 4.33. The van der Waals surface area contributed by atoms with Gasteiger partial charge in [-0.3, -0.25) is 0 Å². The van der Waals surface area contributed by atoms with Crippen LogP contribution in [0.25, 0.3) is 0 Å². The van der Waals surface area contributed by atoms with Gasteiger partial charge in [0.25, 0.3) is 0 Å². The average Bonchev–Trinajstić information content (AvgIpc) is 2.92. The maximum atomic E-state index is 12.7. The van der Waals surface area contributed by atoms with Crippen LogP contribution in [-0.4, -0.2) is 45.5 Å². The zero-order valence-electron chi connectivity index (χ0n) is 11.9. The molecule has 21 heavy (non-hydrogen) atoms. The van der Waals surface area contributed by atoms with E-state index in [9.17, 15) is 8.42 Å². The first-order chi connectivity index (χ1) is 10.0. The molecule has 2 fully saturated rings. The smallest absolute Gasteiger partial charge is 0.243 e. The fraction of sp³-hybridized carbons (Fsp3) is 0.571. The first-order valence-corrected chi connectivity index (χ1v) is 8.91. The Labute approximate surface area is 130 Å². The van der Waals surface area contributed by atoms with Gasteiger partial charge in [-0.1, -0.05) is 11.6 Å². The van der Waals surface area contributed by atoms with Crippen LogP contribution in [0, 0.1) is 5.92 Å². The summed E-state index contributed by atoms with van der Waals surface area (Å²) in [5.74, 6) is 0.898. The number of methoxy groups -OCH3 is 1. The molecule has 0 spiro atoms. The second kappa shape index (κ2) is 5.76. The summed E-state index contributed by atoms with van der Waals surface area (Å²) in [6.07, 6.45) is 2.20. The predicted molar refractivity (Wildman–Crippen MR) is 81.3 cm³/mol. The van der Waals surface area contributed by atoms with E-state index in [1.807, 2.05) is 0 Å². The summed E-state index contributed by atoms with van der Waals surface area (Å²) in [6.45, 7) is 2.10. The van der Waals surface area contributed by atoms with E-state index in [2.05, 4.69) is 5.32 Å². The van der Waals surface area contributed by atoms with Gasteiger partial charge in [0.15, 0.2) is 0 Å². The van der Waals surface area contributed by atoms with Crippen LogP contribution in [0.5, 0.6) is 5.75 Å². The monoisotopic (exact) mass is 330 g/mol. The number of hydrogen-bond acceptors (Lipinski definition) is 4. The van der Waals surface area contributed by atoms with E-state index in [4.69, 9.17) is 16.3 Å². The molecule has 2 saturated heterocycles. The maximum Gasteiger partial charge on any atom is 0.243 e. The Kier molecular flexibility index (Phi) is 4.14. The van der Waals surface area contributed by atoms with Gasteiger partial charge in [-0.2, -0.15) is 4.31 Å². The van der Waals surface area contributed by atoms with Crippen molar-refractivity contribution >= 4 is 21.6 Å². The third-order valence-corrected chi connectivity index (χ3v) is 6.45. The molecular weight excluding hydrogens is 312 g/mol. The number of piperidine rings is 1. The van der Waals surface area contributed by atoms with Crippen molar-refractivity contribution in [3.63, 3.8) is 0 Å². The van der Waals surface area contributed by atoms with Crippen LogP contribution in [0.1, 0.15) is 12.8 Å². The Bertz CT molecular complexity index is 621. The van der Waals surface area contributed by atoms with Gasteiger partial charge in [0.05, 0.1) is 17.0 Å². The summed E-state index contributed by atoms with van der Waals surface area (Å²) in [7, 11) is -1.98. The zero-order chi connectivity index (χ0) is 15.0. The van der Waals surface area contributed by atoms with Crippen molar-refractivity contribution in [3.05, 3.63) is 23.2 Å². The lowest BCUT2D eigenvalue weighted by molar-refractivity contribution is 0.339. The highest BCUT2D eigenvalue weighted by molar-refractivity contribution is 7.89. The molecule has 0 saturated carbocycles. The molecule has 116 valence electrons. The summed E-state index contributed by atoms with van der Waals surface area (Å²) in [4.78, 5) is 0.229. The molecule has 2 aliphatic rings. The van der Waals surface area contributed by atoms with Crippen LogP contribution < -0.4 is 10.1 Å². The number of sulfonamides is 1. The number of halogens is 1. The van der Waals surface area contributed by atoms with Gasteiger partial charge in [0, 0.05) is 19.1 Å². The second-order valence-corrected chi connectivity index (χ2v) is 7.93. The average molecular weight is 331 g/mol.